The number of likely N-dealkylation sites (tertiary alicyclic amines) is 1. The number of piperazine rings is 1. The van der Waals surface area contributed by atoms with E-state index < -0.39 is 11.6 Å². The Bertz CT molecular complexity index is 2540. The van der Waals surface area contributed by atoms with E-state index in [0.29, 0.717) is 78.6 Å². The fourth-order valence-corrected chi connectivity index (χ4v) is 9.57. The molecule has 0 N–H and O–H groups in total. The molecule has 10 rings (SSSR count). The van der Waals surface area contributed by atoms with Crippen LogP contribution in [0.3, 0.4) is 0 Å². The summed E-state index contributed by atoms with van der Waals surface area (Å²) in [6.07, 6.45) is 7.12. The molecule has 4 aliphatic heterocycles. The molecule has 3 aromatic carbocycles. The molecular formula is C47H53FN6O8. The van der Waals surface area contributed by atoms with Gasteiger partial charge in [-0.15, -0.1) is 0 Å². The fraction of sp³-hybridized carbons (Fsp3) is 0.511. The van der Waals surface area contributed by atoms with E-state index in [-0.39, 0.29) is 54.9 Å². The van der Waals surface area contributed by atoms with Gasteiger partial charge in [-0.25, -0.2) is 18.7 Å². The number of fused-ring (bicyclic) bond motifs is 4. The predicted octanol–water partition coefficient (Wildman–Crippen LogP) is 8.40. The van der Waals surface area contributed by atoms with Gasteiger partial charge < -0.3 is 38.2 Å². The van der Waals surface area contributed by atoms with Gasteiger partial charge in [-0.1, -0.05) is 12.1 Å². The normalized spacial score (nSPS) is 22.5. The minimum atomic E-state index is -0.609. The van der Waals surface area contributed by atoms with Crippen molar-refractivity contribution in [3.8, 4) is 22.9 Å². The molecule has 5 aliphatic rings. The lowest BCUT2D eigenvalue weighted by Crippen LogP contribution is -2.50. The molecule has 4 atom stereocenters. The Hall–Kier alpha value is -5.54. The lowest BCUT2D eigenvalue weighted by Gasteiger charge is -2.36. The highest BCUT2D eigenvalue weighted by molar-refractivity contribution is 6.06. The third-order valence-corrected chi connectivity index (χ3v) is 12.8. The molecular weight excluding hydrogens is 796 g/mol. The monoisotopic (exact) mass is 848 g/mol. The van der Waals surface area contributed by atoms with Gasteiger partial charge in [-0.2, -0.15) is 15.1 Å². The third kappa shape index (κ3) is 7.56. The van der Waals surface area contributed by atoms with Crippen LogP contribution in [0.4, 0.5) is 15.0 Å². The molecule has 2 bridgehead atoms. The van der Waals surface area contributed by atoms with Gasteiger partial charge in [0.05, 0.1) is 49.7 Å². The van der Waals surface area contributed by atoms with Crippen molar-refractivity contribution in [2.45, 2.75) is 115 Å². The molecule has 62 heavy (non-hydrogen) atoms. The zero-order chi connectivity index (χ0) is 42.9. The Morgan fingerprint density at radius 1 is 0.952 bits per heavy atom. The number of hydrogen-bond acceptors (Lipinski definition) is 12. The van der Waals surface area contributed by atoms with Crippen LogP contribution in [-0.2, 0) is 25.6 Å². The standard InChI is InChI=1S/C47H53FN6O8/c1-26-36(48)20-37-35(21-49-54(37)38-8-6-7-16-59-38)39(26)40-33(28-13-14-28)19-34-41(42(40)60-24-27-9-11-29(12-10-27)44(55)57-5)50-45(61-32-15-17-58-25-32)51-43(34)52-22-31-18-30(52)23-53(31)46(56)62-47(2,3)4/h9-12,19-21,28,30-32,38H,6-8,13-18,22-25H2,1-5H3/t30-,31-,32+,38?/m0/s1. The highest BCUT2D eigenvalue weighted by Crippen LogP contribution is 2.54. The number of ether oxygens (including phenoxy) is 6. The minimum Gasteiger partial charge on any atom is -0.486 e. The predicted molar refractivity (Wildman–Crippen MR) is 228 cm³/mol. The summed E-state index contributed by atoms with van der Waals surface area (Å²) in [4.78, 5) is 40.1. The van der Waals surface area contributed by atoms with Gasteiger partial charge in [0.1, 0.15) is 35.5 Å². The van der Waals surface area contributed by atoms with Crippen molar-refractivity contribution in [3.63, 3.8) is 0 Å². The highest BCUT2D eigenvalue weighted by Gasteiger charge is 2.48. The molecule has 1 aliphatic carbocycles. The van der Waals surface area contributed by atoms with Crippen molar-refractivity contribution in [1.82, 2.24) is 24.6 Å². The van der Waals surface area contributed by atoms with Crippen LogP contribution < -0.4 is 14.4 Å². The van der Waals surface area contributed by atoms with Gasteiger partial charge in [-0.3, -0.25) is 0 Å². The maximum absolute atomic E-state index is 16.6. The number of aromatic nitrogens is 4. The van der Waals surface area contributed by atoms with Gasteiger partial charge in [0.2, 0.25) is 0 Å². The van der Waals surface area contributed by atoms with E-state index in [1.54, 1.807) is 18.2 Å². The van der Waals surface area contributed by atoms with Crippen LogP contribution in [0, 0.1) is 12.7 Å². The Morgan fingerprint density at radius 3 is 2.45 bits per heavy atom. The van der Waals surface area contributed by atoms with E-state index in [0.717, 1.165) is 66.0 Å². The summed E-state index contributed by atoms with van der Waals surface area (Å²) < 4.78 is 54.5. The Morgan fingerprint density at radius 2 is 1.77 bits per heavy atom. The Balaban J connectivity index is 1.16. The smallest absolute Gasteiger partial charge is 0.410 e. The van der Waals surface area contributed by atoms with Crippen molar-refractivity contribution < 1.29 is 42.4 Å². The largest absolute Gasteiger partial charge is 0.486 e. The summed E-state index contributed by atoms with van der Waals surface area (Å²) in [7, 11) is 1.36. The lowest BCUT2D eigenvalue weighted by molar-refractivity contribution is -0.0367. The second-order valence-electron chi connectivity index (χ2n) is 18.3. The van der Waals surface area contributed by atoms with Gasteiger partial charge in [0.15, 0.2) is 12.0 Å². The summed E-state index contributed by atoms with van der Waals surface area (Å²) in [6, 6.07) is 11.0. The van der Waals surface area contributed by atoms with Crippen LogP contribution in [0.25, 0.3) is 32.9 Å². The van der Waals surface area contributed by atoms with E-state index >= 15 is 4.39 Å². The SMILES string of the molecule is COC(=O)c1ccc(COc2c(-c3c(C)c(F)cc4c3cnn4C3CCCCO3)c(C3CC3)cc3c(N4C[C@@H]5C[C@H]4CN5C(=O)OC(C)(C)C)nc(O[C@@H]4CCOC4)nc23)cc1. The molecule has 1 amide bonds. The van der Waals surface area contributed by atoms with Crippen molar-refractivity contribution in [3.05, 3.63) is 70.7 Å². The van der Waals surface area contributed by atoms with E-state index in [9.17, 15) is 9.59 Å². The van der Waals surface area contributed by atoms with Gasteiger partial charge in [0.25, 0.3) is 0 Å². The summed E-state index contributed by atoms with van der Waals surface area (Å²) in [5, 5.41) is 6.41. The number of carbonyl (C=O) groups excluding carboxylic acids is 2. The van der Waals surface area contributed by atoms with E-state index in [1.807, 2.05) is 55.6 Å². The topological polar surface area (TPSA) is 140 Å². The van der Waals surface area contributed by atoms with Gasteiger partial charge in [-0.05, 0) is 107 Å². The third-order valence-electron chi connectivity index (χ3n) is 12.8. The quantitative estimate of drug-likeness (QED) is 0.125. The molecule has 1 unspecified atom stereocenters. The number of benzene rings is 3. The van der Waals surface area contributed by atoms with Gasteiger partial charge in [0, 0.05) is 54.1 Å². The second kappa shape index (κ2) is 16.0. The lowest BCUT2D eigenvalue weighted by atomic mass is 9.88. The van der Waals surface area contributed by atoms with Crippen LogP contribution in [0.1, 0.15) is 105 Å². The first-order valence-corrected chi connectivity index (χ1v) is 21.9. The first-order chi connectivity index (χ1) is 29.9. The zero-order valence-corrected chi connectivity index (χ0v) is 35.9. The number of nitrogens with zero attached hydrogens (tertiary/aromatic N) is 6. The van der Waals surface area contributed by atoms with Crippen LogP contribution >= 0.6 is 0 Å². The molecule has 14 nitrogen and oxygen atoms in total. The van der Waals surface area contributed by atoms with Crippen LogP contribution in [0.5, 0.6) is 11.8 Å². The molecule has 1 saturated carbocycles. The molecule has 2 aromatic heterocycles. The maximum atomic E-state index is 16.6. The average molecular weight is 849 g/mol. The summed E-state index contributed by atoms with van der Waals surface area (Å²) >= 11 is 0. The van der Waals surface area contributed by atoms with Crippen molar-refractivity contribution in [1.29, 1.82) is 0 Å². The molecule has 0 spiro atoms. The minimum absolute atomic E-state index is 0.0204. The zero-order valence-electron chi connectivity index (χ0n) is 35.9. The van der Waals surface area contributed by atoms with Gasteiger partial charge >= 0.3 is 18.1 Å². The fourth-order valence-electron chi connectivity index (χ4n) is 9.57. The van der Waals surface area contributed by atoms with Crippen molar-refractivity contribution in [2.75, 3.05) is 44.9 Å². The first kappa shape index (κ1) is 40.5. The molecule has 6 heterocycles. The second-order valence-corrected chi connectivity index (χ2v) is 18.3. The number of amides is 1. The first-order valence-electron chi connectivity index (χ1n) is 21.9. The van der Waals surface area contributed by atoms with Crippen LogP contribution in [0.15, 0.2) is 42.6 Å². The van der Waals surface area contributed by atoms with Crippen LogP contribution in [-0.4, -0.2) is 101 Å². The van der Waals surface area contributed by atoms with E-state index in [1.165, 1.54) is 7.11 Å². The Kier molecular flexibility index (Phi) is 10.4. The highest BCUT2D eigenvalue weighted by atomic mass is 19.1. The van der Waals surface area contributed by atoms with E-state index in [4.69, 9.17) is 43.5 Å². The number of anilines is 1. The number of methoxy groups -OCH3 is 1. The average Bonchev–Trinajstić information content (AvgIpc) is 3.56. The summed E-state index contributed by atoms with van der Waals surface area (Å²) in [6.45, 7) is 10.2. The molecule has 326 valence electrons. The number of hydrogen-bond donors (Lipinski definition) is 0. The summed E-state index contributed by atoms with van der Waals surface area (Å²) in [5.74, 6) is 0.579. The number of esters is 1. The number of halogens is 1. The van der Waals surface area contributed by atoms with Crippen molar-refractivity contribution >= 4 is 39.7 Å². The number of rotatable bonds is 10. The van der Waals surface area contributed by atoms with Crippen LogP contribution in [0.2, 0.25) is 0 Å². The van der Waals surface area contributed by atoms with Crippen molar-refractivity contribution in [2.24, 2.45) is 0 Å². The molecule has 0 radical (unpaired) electrons. The van der Waals surface area contributed by atoms with E-state index in [2.05, 4.69) is 11.0 Å². The number of carbonyl (C=O) groups is 2. The Labute approximate surface area is 359 Å². The maximum Gasteiger partial charge on any atom is 0.410 e. The summed E-state index contributed by atoms with van der Waals surface area (Å²) in [5.41, 5.74) is 4.76. The molecule has 5 aromatic rings. The molecule has 4 saturated heterocycles. The molecule has 5 fully saturated rings. The molecule has 15 heteroatoms.